The molecule has 1 heterocycles. The van der Waals surface area contributed by atoms with E-state index in [1.807, 2.05) is 11.6 Å². The number of hydrogen-bond donors (Lipinski definition) is 1. The molecule has 0 spiro atoms. The molecule has 0 aliphatic heterocycles. The van der Waals surface area contributed by atoms with E-state index in [0.717, 1.165) is 18.3 Å². The zero-order chi connectivity index (χ0) is 12.5. The topological polar surface area (TPSA) is 29.9 Å². The van der Waals surface area contributed by atoms with Crippen molar-refractivity contribution in [2.24, 2.45) is 0 Å². The van der Waals surface area contributed by atoms with Crippen LogP contribution in [0.3, 0.4) is 0 Å². The van der Waals surface area contributed by atoms with Gasteiger partial charge in [-0.25, -0.2) is 4.68 Å². The summed E-state index contributed by atoms with van der Waals surface area (Å²) < 4.78 is 2.04. The Labute approximate surface area is 108 Å². The molecule has 3 heteroatoms. The van der Waals surface area contributed by atoms with Gasteiger partial charge in [0.15, 0.2) is 0 Å². The monoisotopic (exact) mass is 241 g/mol. The van der Waals surface area contributed by atoms with Crippen molar-refractivity contribution < 1.29 is 0 Å². The lowest BCUT2D eigenvalue weighted by molar-refractivity contribution is 0.679. The number of nitrogens with one attached hydrogen (secondary N) is 1. The highest BCUT2D eigenvalue weighted by atomic mass is 15.3. The summed E-state index contributed by atoms with van der Waals surface area (Å²) in [7, 11) is 0. The number of nitrogens with zero attached hydrogens (tertiary/aromatic N) is 2. The van der Waals surface area contributed by atoms with Crippen molar-refractivity contribution >= 4 is 0 Å². The Kier molecular flexibility index (Phi) is 2.92. The molecular formula is C15H19N3. The SMILES string of the molecule is Cc1cc(C)n(-c2ccccc2CNC2CC2)n1. The number of aromatic nitrogens is 2. The Hall–Kier alpha value is -1.61. The van der Waals surface area contributed by atoms with Gasteiger partial charge < -0.3 is 5.32 Å². The quantitative estimate of drug-likeness (QED) is 0.892. The maximum absolute atomic E-state index is 4.57. The van der Waals surface area contributed by atoms with Gasteiger partial charge in [0, 0.05) is 18.3 Å². The molecule has 0 atom stereocenters. The van der Waals surface area contributed by atoms with Crippen LogP contribution in [0.5, 0.6) is 0 Å². The minimum Gasteiger partial charge on any atom is -0.310 e. The van der Waals surface area contributed by atoms with Crippen molar-refractivity contribution in [1.82, 2.24) is 15.1 Å². The van der Waals surface area contributed by atoms with E-state index in [1.165, 1.54) is 29.8 Å². The summed E-state index contributed by atoms with van der Waals surface area (Å²) in [6.07, 6.45) is 2.64. The highest BCUT2D eigenvalue weighted by Crippen LogP contribution is 2.21. The highest BCUT2D eigenvalue weighted by molar-refractivity contribution is 5.41. The van der Waals surface area contributed by atoms with Crippen molar-refractivity contribution in [3.63, 3.8) is 0 Å². The summed E-state index contributed by atoms with van der Waals surface area (Å²) in [5.74, 6) is 0. The lowest BCUT2D eigenvalue weighted by Crippen LogP contribution is -2.17. The maximum atomic E-state index is 4.57. The minimum absolute atomic E-state index is 0.735. The van der Waals surface area contributed by atoms with E-state index in [-0.39, 0.29) is 0 Å². The van der Waals surface area contributed by atoms with Crippen LogP contribution >= 0.6 is 0 Å². The van der Waals surface area contributed by atoms with E-state index in [1.54, 1.807) is 0 Å². The Morgan fingerprint density at radius 3 is 2.72 bits per heavy atom. The minimum atomic E-state index is 0.735. The molecule has 2 aromatic rings. The number of aryl methyl sites for hydroxylation is 2. The van der Waals surface area contributed by atoms with Crippen LogP contribution in [0.2, 0.25) is 0 Å². The smallest absolute Gasteiger partial charge is 0.0693 e. The van der Waals surface area contributed by atoms with Crippen LogP contribution in [-0.4, -0.2) is 15.8 Å². The van der Waals surface area contributed by atoms with Crippen molar-refractivity contribution in [3.05, 3.63) is 47.3 Å². The Morgan fingerprint density at radius 2 is 2.06 bits per heavy atom. The van der Waals surface area contributed by atoms with Crippen LogP contribution in [0, 0.1) is 13.8 Å². The van der Waals surface area contributed by atoms with Gasteiger partial charge >= 0.3 is 0 Å². The van der Waals surface area contributed by atoms with Gasteiger partial charge in [-0.2, -0.15) is 5.10 Å². The van der Waals surface area contributed by atoms with Gasteiger partial charge in [-0.05, 0) is 44.4 Å². The van der Waals surface area contributed by atoms with Gasteiger partial charge in [0.2, 0.25) is 0 Å². The van der Waals surface area contributed by atoms with Gasteiger partial charge in [-0.15, -0.1) is 0 Å². The van der Waals surface area contributed by atoms with Crippen LogP contribution in [0.4, 0.5) is 0 Å². The molecule has 3 rings (SSSR count). The molecule has 94 valence electrons. The molecule has 3 nitrogen and oxygen atoms in total. The zero-order valence-electron chi connectivity index (χ0n) is 11.0. The predicted octanol–water partition coefficient (Wildman–Crippen LogP) is 2.74. The third kappa shape index (κ3) is 2.31. The first-order chi connectivity index (χ1) is 8.74. The third-order valence-electron chi connectivity index (χ3n) is 3.39. The molecule has 1 aliphatic rings. The first-order valence-corrected chi connectivity index (χ1v) is 6.59. The van der Waals surface area contributed by atoms with Gasteiger partial charge in [0.25, 0.3) is 0 Å². The number of rotatable bonds is 4. The molecule has 18 heavy (non-hydrogen) atoms. The van der Waals surface area contributed by atoms with Crippen LogP contribution in [0.15, 0.2) is 30.3 Å². The molecule has 1 aromatic heterocycles. The average Bonchev–Trinajstić information content (AvgIpc) is 3.12. The van der Waals surface area contributed by atoms with Crippen molar-refractivity contribution in [3.8, 4) is 5.69 Å². The van der Waals surface area contributed by atoms with Crippen molar-refractivity contribution in [2.75, 3.05) is 0 Å². The lowest BCUT2D eigenvalue weighted by atomic mass is 10.1. The fourth-order valence-electron chi connectivity index (χ4n) is 2.28. The largest absolute Gasteiger partial charge is 0.310 e. The molecular weight excluding hydrogens is 222 g/mol. The summed E-state index contributed by atoms with van der Waals surface area (Å²) in [5.41, 5.74) is 4.76. The van der Waals surface area contributed by atoms with Crippen molar-refractivity contribution in [1.29, 1.82) is 0 Å². The molecule has 0 amide bonds. The van der Waals surface area contributed by atoms with Gasteiger partial charge in [-0.1, -0.05) is 18.2 Å². The maximum Gasteiger partial charge on any atom is 0.0693 e. The summed E-state index contributed by atoms with van der Waals surface area (Å²) in [4.78, 5) is 0. The molecule has 0 saturated heterocycles. The fraction of sp³-hybridized carbons (Fsp3) is 0.400. The van der Waals surface area contributed by atoms with E-state index >= 15 is 0 Å². The van der Waals surface area contributed by atoms with E-state index in [9.17, 15) is 0 Å². The standard InChI is InChI=1S/C15H19N3/c1-11-9-12(2)18(17-11)15-6-4-3-5-13(15)10-16-14-7-8-14/h3-6,9,14,16H,7-8,10H2,1-2H3. The normalized spacial score (nSPS) is 15.0. The molecule has 1 N–H and O–H groups in total. The summed E-state index contributed by atoms with van der Waals surface area (Å²) in [5, 5.41) is 8.14. The van der Waals surface area contributed by atoms with E-state index in [4.69, 9.17) is 0 Å². The van der Waals surface area contributed by atoms with Crippen molar-refractivity contribution in [2.45, 2.75) is 39.3 Å². The second-order valence-electron chi connectivity index (χ2n) is 5.12. The van der Waals surface area contributed by atoms with Crippen LogP contribution in [0.1, 0.15) is 29.8 Å². The Bertz CT molecular complexity index is 553. The molecule has 0 unspecified atom stereocenters. The second kappa shape index (κ2) is 4.58. The second-order valence-corrected chi connectivity index (χ2v) is 5.12. The first kappa shape index (κ1) is 11.5. The summed E-state index contributed by atoms with van der Waals surface area (Å²) in [6, 6.07) is 11.3. The molecule has 1 aliphatic carbocycles. The lowest BCUT2D eigenvalue weighted by Gasteiger charge is -2.11. The Balaban J connectivity index is 1.92. The molecule has 0 bridgehead atoms. The van der Waals surface area contributed by atoms with E-state index in [2.05, 4.69) is 47.7 Å². The molecule has 1 fully saturated rings. The first-order valence-electron chi connectivity index (χ1n) is 6.59. The molecule has 1 saturated carbocycles. The van der Waals surface area contributed by atoms with Crippen LogP contribution in [-0.2, 0) is 6.54 Å². The summed E-state index contributed by atoms with van der Waals surface area (Å²) in [6.45, 7) is 5.07. The summed E-state index contributed by atoms with van der Waals surface area (Å²) >= 11 is 0. The number of para-hydroxylation sites is 1. The van der Waals surface area contributed by atoms with E-state index < -0.39 is 0 Å². The van der Waals surface area contributed by atoms with Gasteiger partial charge in [0.05, 0.1) is 11.4 Å². The number of hydrogen-bond acceptors (Lipinski definition) is 2. The van der Waals surface area contributed by atoms with Gasteiger partial charge in [-0.3, -0.25) is 0 Å². The molecule has 0 radical (unpaired) electrons. The highest BCUT2D eigenvalue weighted by Gasteiger charge is 2.20. The molecule has 1 aromatic carbocycles. The van der Waals surface area contributed by atoms with Gasteiger partial charge in [0.1, 0.15) is 0 Å². The fourth-order valence-corrected chi connectivity index (χ4v) is 2.28. The van der Waals surface area contributed by atoms with E-state index in [0.29, 0.717) is 0 Å². The average molecular weight is 241 g/mol. The predicted molar refractivity (Wildman–Crippen MR) is 72.9 cm³/mol. The number of benzene rings is 1. The van der Waals surface area contributed by atoms with Crippen LogP contribution < -0.4 is 5.32 Å². The third-order valence-corrected chi connectivity index (χ3v) is 3.39. The van der Waals surface area contributed by atoms with Crippen LogP contribution in [0.25, 0.3) is 5.69 Å². The zero-order valence-corrected chi connectivity index (χ0v) is 11.0. The Morgan fingerprint density at radius 1 is 1.28 bits per heavy atom.